The van der Waals surface area contributed by atoms with Gasteiger partial charge in [-0.3, -0.25) is 4.79 Å². The number of benzene rings is 2. The number of anilines is 1. The molecule has 1 aliphatic carbocycles. The summed E-state index contributed by atoms with van der Waals surface area (Å²) in [6, 6.07) is 12.6. The molecule has 0 saturated heterocycles. The summed E-state index contributed by atoms with van der Waals surface area (Å²) >= 11 is 12.3. The van der Waals surface area contributed by atoms with E-state index in [0.29, 0.717) is 34.0 Å². The van der Waals surface area contributed by atoms with E-state index in [-0.39, 0.29) is 5.78 Å². The zero-order valence-corrected chi connectivity index (χ0v) is 17.7. The summed E-state index contributed by atoms with van der Waals surface area (Å²) in [5.41, 5.74) is 3.25. The number of carbonyl (C=O) groups is 1. The lowest BCUT2D eigenvalue weighted by atomic mass is 9.85. The number of ketones is 1. The van der Waals surface area contributed by atoms with E-state index < -0.39 is 6.04 Å². The largest absolute Gasteiger partial charge is 0.496 e. The van der Waals surface area contributed by atoms with Crippen LogP contribution in [0.4, 0.5) is 5.95 Å². The predicted octanol–water partition coefficient (Wildman–Crippen LogP) is 5.28. The molecular weight excluding hydrogens is 423 g/mol. The molecule has 0 saturated carbocycles. The molecule has 0 radical (unpaired) electrons. The summed E-state index contributed by atoms with van der Waals surface area (Å²) < 4.78 is 7.36. The van der Waals surface area contributed by atoms with Crippen LogP contribution in [0.5, 0.6) is 5.75 Å². The van der Waals surface area contributed by atoms with Crippen LogP contribution >= 0.6 is 23.2 Å². The predicted molar refractivity (Wildman–Crippen MR) is 116 cm³/mol. The number of rotatable bonds is 3. The Morgan fingerprint density at radius 3 is 2.77 bits per heavy atom. The summed E-state index contributed by atoms with van der Waals surface area (Å²) in [6.45, 7) is 0. The second kappa shape index (κ2) is 7.45. The van der Waals surface area contributed by atoms with E-state index in [1.54, 1.807) is 23.9 Å². The van der Waals surface area contributed by atoms with Gasteiger partial charge in [0.15, 0.2) is 11.6 Å². The maximum atomic E-state index is 12.9. The summed E-state index contributed by atoms with van der Waals surface area (Å²) in [7, 11) is 1.63. The van der Waals surface area contributed by atoms with Crippen molar-refractivity contribution in [1.82, 2.24) is 14.8 Å². The Kier molecular flexibility index (Phi) is 4.76. The highest BCUT2D eigenvalue weighted by Gasteiger charge is 2.38. The Hall–Kier alpha value is -2.83. The zero-order valence-electron chi connectivity index (χ0n) is 16.2. The van der Waals surface area contributed by atoms with Gasteiger partial charge >= 0.3 is 0 Å². The zero-order chi connectivity index (χ0) is 20.8. The van der Waals surface area contributed by atoms with Gasteiger partial charge in [-0.25, -0.2) is 4.68 Å². The molecule has 2 aromatic carbocycles. The fourth-order valence-corrected chi connectivity index (χ4v) is 4.39. The number of aromatic nitrogens is 3. The molecule has 3 aromatic rings. The first-order valence-electron chi connectivity index (χ1n) is 9.65. The highest BCUT2D eigenvalue weighted by molar-refractivity contribution is 6.42. The number of carbonyl (C=O) groups excluding carboxylic acids is 1. The number of halogens is 2. The molecule has 8 heteroatoms. The van der Waals surface area contributed by atoms with Crippen molar-refractivity contribution in [3.63, 3.8) is 0 Å². The van der Waals surface area contributed by atoms with E-state index in [2.05, 4.69) is 5.32 Å². The van der Waals surface area contributed by atoms with Gasteiger partial charge in [-0.15, -0.1) is 5.10 Å². The Morgan fingerprint density at radius 1 is 1.13 bits per heavy atom. The molecule has 0 amide bonds. The first-order valence-corrected chi connectivity index (χ1v) is 10.4. The van der Waals surface area contributed by atoms with Crippen LogP contribution in [-0.2, 0) is 4.79 Å². The average molecular weight is 441 g/mol. The average Bonchev–Trinajstić information content (AvgIpc) is 3.18. The van der Waals surface area contributed by atoms with Crippen LogP contribution in [-0.4, -0.2) is 27.7 Å². The molecule has 2 aliphatic rings. The van der Waals surface area contributed by atoms with Crippen LogP contribution in [0.3, 0.4) is 0 Å². The van der Waals surface area contributed by atoms with Gasteiger partial charge in [0.1, 0.15) is 11.8 Å². The summed E-state index contributed by atoms with van der Waals surface area (Å²) in [6.07, 6.45) is 2.13. The van der Waals surface area contributed by atoms with Crippen molar-refractivity contribution >= 4 is 34.9 Å². The highest BCUT2D eigenvalue weighted by atomic mass is 35.5. The van der Waals surface area contributed by atoms with Crippen LogP contribution in [0.25, 0.3) is 11.4 Å². The van der Waals surface area contributed by atoms with Crippen molar-refractivity contribution < 1.29 is 9.53 Å². The maximum absolute atomic E-state index is 12.9. The number of nitrogens with one attached hydrogen (secondary N) is 1. The van der Waals surface area contributed by atoms with Gasteiger partial charge in [0.2, 0.25) is 5.95 Å². The van der Waals surface area contributed by atoms with Crippen LogP contribution in [0.2, 0.25) is 10.0 Å². The number of nitrogens with zero attached hydrogens (tertiary/aromatic N) is 3. The van der Waals surface area contributed by atoms with Crippen molar-refractivity contribution in [2.24, 2.45) is 0 Å². The van der Waals surface area contributed by atoms with Gasteiger partial charge in [-0.05, 0) is 37.1 Å². The second-order valence-corrected chi connectivity index (χ2v) is 8.09. The minimum atomic E-state index is -0.413. The number of fused-ring (bicyclic) bond motifs is 1. The minimum Gasteiger partial charge on any atom is -0.496 e. The van der Waals surface area contributed by atoms with E-state index in [4.69, 9.17) is 38.0 Å². The molecule has 6 nitrogen and oxygen atoms in total. The number of Topliss-reactive ketones (excluding diaryl/α,β-unsaturated/α-hetero) is 1. The molecule has 0 bridgehead atoms. The normalized spacial score (nSPS) is 18.0. The highest BCUT2D eigenvalue weighted by Crippen LogP contribution is 2.43. The molecule has 1 unspecified atom stereocenters. The van der Waals surface area contributed by atoms with Crippen LogP contribution in [0.15, 0.2) is 53.7 Å². The molecular formula is C22H18Cl2N4O2. The lowest BCUT2D eigenvalue weighted by Gasteiger charge is -2.32. The topological polar surface area (TPSA) is 69.0 Å². The van der Waals surface area contributed by atoms with Crippen LogP contribution < -0.4 is 10.1 Å². The van der Waals surface area contributed by atoms with Gasteiger partial charge in [0, 0.05) is 28.8 Å². The number of allylic oxidation sites excluding steroid dienone is 2. The van der Waals surface area contributed by atoms with Crippen LogP contribution in [0, 0.1) is 0 Å². The summed E-state index contributed by atoms with van der Waals surface area (Å²) in [5, 5.41) is 8.98. The molecule has 0 fully saturated rings. The number of hydrogen-bond acceptors (Lipinski definition) is 5. The van der Waals surface area contributed by atoms with Crippen LogP contribution in [0.1, 0.15) is 30.9 Å². The lowest BCUT2D eigenvalue weighted by Crippen LogP contribution is -2.31. The van der Waals surface area contributed by atoms with Crippen molar-refractivity contribution in [3.05, 3.63) is 69.3 Å². The third kappa shape index (κ3) is 3.07. The Labute approximate surface area is 183 Å². The van der Waals surface area contributed by atoms with E-state index in [1.807, 2.05) is 30.3 Å². The lowest BCUT2D eigenvalue weighted by molar-refractivity contribution is -0.116. The van der Waals surface area contributed by atoms with Gasteiger partial charge in [-0.1, -0.05) is 41.4 Å². The standard InChI is InChI=1S/C22H18Cl2N4O2/c1-30-18-8-3-2-5-13(18)20-19-16(6-4-7-17(19)29)25-22-26-21(27-28(20)22)12-9-10-14(23)15(24)11-12/h2-3,5,8-11,20H,4,6-7H2,1H3,(H,25,26,27). The first kappa shape index (κ1) is 19.2. The molecule has 0 spiro atoms. The quantitative estimate of drug-likeness (QED) is 0.599. The monoisotopic (exact) mass is 440 g/mol. The van der Waals surface area contributed by atoms with Crippen molar-refractivity contribution in [1.29, 1.82) is 0 Å². The summed E-state index contributed by atoms with van der Waals surface area (Å²) in [5.74, 6) is 1.91. The number of para-hydroxylation sites is 1. The van der Waals surface area contributed by atoms with Gasteiger partial charge < -0.3 is 10.1 Å². The van der Waals surface area contributed by atoms with E-state index >= 15 is 0 Å². The van der Waals surface area contributed by atoms with Gasteiger partial charge in [-0.2, -0.15) is 4.98 Å². The second-order valence-electron chi connectivity index (χ2n) is 7.27. The van der Waals surface area contributed by atoms with E-state index in [1.165, 1.54) is 0 Å². The maximum Gasteiger partial charge on any atom is 0.226 e. The Bertz CT molecular complexity index is 1200. The van der Waals surface area contributed by atoms with Crippen molar-refractivity contribution in [3.8, 4) is 17.1 Å². The van der Waals surface area contributed by atoms with Crippen molar-refractivity contribution in [2.75, 3.05) is 12.4 Å². The molecule has 2 heterocycles. The fraction of sp³-hybridized carbons (Fsp3) is 0.227. The Balaban J connectivity index is 1.70. The number of ether oxygens (including phenoxy) is 1. The Morgan fingerprint density at radius 2 is 1.97 bits per heavy atom. The first-order chi connectivity index (χ1) is 14.6. The van der Waals surface area contributed by atoms with Crippen molar-refractivity contribution in [2.45, 2.75) is 25.3 Å². The van der Waals surface area contributed by atoms with E-state index in [0.717, 1.165) is 35.2 Å². The van der Waals surface area contributed by atoms with E-state index in [9.17, 15) is 4.79 Å². The number of methoxy groups -OCH3 is 1. The molecule has 1 atom stereocenters. The fourth-order valence-electron chi connectivity index (χ4n) is 4.09. The third-order valence-electron chi connectivity index (χ3n) is 5.48. The van der Waals surface area contributed by atoms with Gasteiger partial charge in [0.05, 0.1) is 17.2 Å². The molecule has 1 aliphatic heterocycles. The molecule has 5 rings (SSSR count). The summed E-state index contributed by atoms with van der Waals surface area (Å²) in [4.78, 5) is 17.6. The smallest absolute Gasteiger partial charge is 0.226 e. The molecule has 1 N–H and O–H groups in total. The molecule has 30 heavy (non-hydrogen) atoms. The number of hydrogen-bond donors (Lipinski definition) is 1. The minimum absolute atomic E-state index is 0.122. The SMILES string of the molecule is COc1ccccc1C1C2=C(CCCC2=O)Nc2nc(-c3ccc(Cl)c(Cl)c3)nn21. The molecule has 1 aromatic heterocycles. The molecule has 152 valence electrons. The van der Waals surface area contributed by atoms with Gasteiger partial charge in [0.25, 0.3) is 0 Å². The third-order valence-corrected chi connectivity index (χ3v) is 6.22.